The minimum atomic E-state index is -0.253. The van der Waals surface area contributed by atoms with Crippen LogP contribution in [0.5, 0.6) is 0 Å². The molecule has 0 bridgehead atoms. The molecule has 1 saturated heterocycles. The number of carbonyl (C=O) groups excluding carboxylic acids is 1. The van der Waals surface area contributed by atoms with Gasteiger partial charge in [-0.05, 0) is 43.7 Å². The van der Waals surface area contributed by atoms with Gasteiger partial charge in [0.05, 0.1) is 5.75 Å². The summed E-state index contributed by atoms with van der Waals surface area (Å²) in [5.74, 6) is 0.164. The first-order valence-electron chi connectivity index (χ1n) is 6.12. The van der Waals surface area contributed by atoms with E-state index in [0.717, 1.165) is 30.8 Å². The van der Waals surface area contributed by atoms with Gasteiger partial charge in [-0.15, -0.1) is 11.8 Å². The summed E-state index contributed by atoms with van der Waals surface area (Å²) in [5, 5.41) is 6.26. The molecule has 1 aliphatic rings. The number of rotatable bonds is 4. The fourth-order valence-electron chi connectivity index (χ4n) is 1.92. The molecule has 0 aromatic heterocycles. The molecule has 98 valence electrons. The van der Waals surface area contributed by atoms with Crippen molar-refractivity contribution in [2.24, 2.45) is 0 Å². The van der Waals surface area contributed by atoms with Gasteiger partial charge in [0.25, 0.3) is 0 Å². The molecule has 0 saturated carbocycles. The molecule has 2 N–H and O–H groups in total. The molecule has 0 unspecified atom stereocenters. The maximum atomic E-state index is 12.7. The van der Waals surface area contributed by atoms with E-state index >= 15 is 0 Å². The van der Waals surface area contributed by atoms with E-state index in [4.69, 9.17) is 0 Å². The lowest BCUT2D eigenvalue weighted by atomic mass is 10.1. The summed E-state index contributed by atoms with van der Waals surface area (Å²) in [4.78, 5) is 12.6. The average Bonchev–Trinajstić information content (AvgIpc) is 2.39. The van der Waals surface area contributed by atoms with Gasteiger partial charge in [0.15, 0.2) is 0 Å². The first-order valence-corrected chi connectivity index (χ1v) is 7.11. The molecule has 1 aliphatic heterocycles. The van der Waals surface area contributed by atoms with E-state index in [-0.39, 0.29) is 17.8 Å². The summed E-state index contributed by atoms with van der Waals surface area (Å²) in [6.45, 7) is 1.89. The van der Waals surface area contributed by atoms with Crippen LogP contribution in [0.15, 0.2) is 29.2 Å². The smallest absolute Gasteiger partial charge is 0.230 e. The summed E-state index contributed by atoms with van der Waals surface area (Å²) < 4.78 is 12.7. The highest BCUT2D eigenvalue weighted by Gasteiger charge is 2.15. The zero-order valence-corrected chi connectivity index (χ0v) is 10.9. The van der Waals surface area contributed by atoms with Crippen LogP contribution < -0.4 is 10.6 Å². The number of thioether (sulfide) groups is 1. The van der Waals surface area contributed by atoms with Crippen molar-refractivity contribution in [2.75, 3.05) is 18.8 Å². The minimum absolute atomic E-state index is 0.0398. The van der Waals surface area contributed by atoms with Gasteiger partial charge >= 0.3 is 0 Å². The number of hydrogen-bond acceptors (Lipinski definition) is 3. The van der Waals surface area contributed by atoms with Gasteiger partial charge in [-0.3, -0.25) is 4.79 Å². The molecule has 18 heavy (non-hydrogen) atoms. The van der Waals surface area contributed by atoms with E-state index in [2.05, 4.69) is 10.6 Å². The summed E-state index contributed by atoms with van der Waals surface area (Å²) in [6, 6.07) is 6.45. The number of nitrogens with one attached hydrogen (secondary N) is 2. The normalized spacial score (nSPS) is 19.5. The summed E-state index contributed by atoms with van der Waals surface area (Å²) in [5.41, 5.74) is 0. The largest absolute Gasteiger partial charge is 0.351 e. The highest BCUT2D eigenvalue weighted by atomic mass is 32.2. The third-order valence-electron chi connectivity index (χ3n) is 2.85. The van der Waals surface area contributed by atoms with Gasteiger partial charge in [0.1, 0.15) is 5.82 Å². The quantitative estimate of drug-likeness (QED) is 0.818. The monoisotopic (exact) mass is 268 g/mol. The molecular weight excluding hydrogens is 251 g/mol. The number of piperidine rings is 1. The fourth-order valence-corrected chi connectivity index (χ4v) is 2.63. The molecule has 1 atom stereocenters. The Bertz CT molecular complexity index is 390. The van der Waals surface area contributed by atoms with Crippen LogP contribution in [0, 0.1) is 5.82 Å². The Balaban J connectivity index is 1.72. The molecule has 0 radical (unpaired) electrons. The Morgan fingerprint density at radius 2 is 2.22 bits per heavy atom. The van der Waals surface area contributed by atoms with E-state index in [0.29, 0.717) is 5.75 Å². The first kappa shape index (κ1) is 13.4. The van der Waals surface area contributed by atoms with E-state index in [1.807, 2.05) is 0 Å². The maximum absolute atomic E-state index is 12.7. The molecule has 1 amide bonds. The lowest BCUT2D eigenvalue weighted by Crippen LogP contribution is -2.46. The van der Waals surface area contributed by atoms with Crippen LogP contribution in [-0.4, -0.2) is 30.8 Å². The summed E-state index contributed by atoms with van der Waals surface area (Å²) >= 11 is 1.43. The van der Waals surface area contributed by atoms with Crippen LogP contribution in [0.2, 0.25) is 0 Å². The third kappa shape index (κ3) is 4.31. The highest BCUT2D eigenvalue weighted by molar-refractivity contribution is 8.00. The van der Waals surface area contributed by atoms with Gasteiger partial charge in [0, 0.05) is 17.5 Å². The van der Waals surface area contributed by atoms with Crippen molar-refractivity contribution < 1.29 is 9.18 Å². The van der Waals surface area contributed by atoms with Crippen LogP contribution in [-0.2, 0) is 4.79 Å². The number of carbonyl (C=O) groups is 1. The Labute approximate surface area is 111 Å². The minimum Gasteiger partial charge on any atom is -0.351 e. The van der Waals surface area contributed by atoms with Gasteiger partial charge in [-0.1, -0.05) is 0 Å². The molecule has 1 aromatic rings. The van der Waals surface area contributed by atoms with E-state index in [1.165, 1.54) is 23.9 Å². The Kier molecular flexibility index (Phi) is 5.01. The predicted molar refractivity (Wildman–Crippen MR) is 71.2 cm³/mol. The maximum Gasteiger partial charge on any atom is 0.230 e. The summed E-state index contributed by atoms with van der Waals surface area (Å²) in [6.07, 6.45) is 2.15. The van der Waals surface area contributed by atoms with Crippen molar-refractivity contribution in [3.05, 3.63) is 30.1 Å². The third-order valence-corrected chi connectivity index (χ3v) is 3.86. The van der Waals surface area contributed by atoms with Crippen molar-refractivity contribution in [3.63, 3.8) is 0 Å². The average molecular weight is 268 g/mol. The number of halogens is 1. The number of amides is 1. The summed E-state index contributed by atoms with van der Waals surface area (Å²) in [7, 11) is 0. The van der Waals surface area contributed by atoms with Crippen LogP contribution >= 0.6 is 11.8 Å². The second kappa shape index (κ2) is 6.75. The molecule has 0 spiro atoms. The van der Waals surface area contributed by atoms with Crippen molar-refractivity contribution in [3.8, 4) is 0 Å². The standard InChI is InChI=1S/C13H17FN2OS/c14-10-3-5-12(6-4-10)18-9-13(17)16-11-2-1-7-15-8-11/h3-6,11,15H,1-2,7-9H2,(H,16,17)/t11-/m0/s1. The Morgan fingerprint density at radius 3 is 2.89 bits per heavy atom. The zero-order chi connectivity index (χ0) is 12.8. The van der Waals surface area contributed by atoms with Crippen LogP contribution in [0.25, 0.3) is 0 Å². The molecule has 5 heteroatoms. The SMILES string of the molecule is O=C(CSc1ccc(F)cc1)N[C@H]1CCCNC1. The molecule has 3 nitrogen and oxygen atoms in total. The highest BCUT2D eigenvalue weighted by Crippen LogP contribution is 2.17. The Hall–Kier alpha value is -1.07. The zero-order valence-electron chi connectivity index (χ0n) is 10.1. The van der Waals surface area contributed by atoms with Gasteiger partial charge < -0.3 is 10.6 Å². The predicted octanol–water partition coefficient (Wildman–Crippen LogP) is 1.79. The molecular formula is C13H17FN2OS. The first-order chi connectivity index (χ1) is 8.74. The molecule has 2 rings (SSSR count). The van der Waals surface area contributed by atoms with Gasteiger partial charge in [-0.2, -0.15) is 0 Å². The van der Waals surface area contributed by atoms with Crippen molar-refractivity contribution in [2.45, 2.75) is 23.8 Å². The van der Waals surface area contributed by atoms with Crippen LogP contribution in [0.3, 0.4) is 0 Å². The lowest BCUT2D eigenvalue weighted by molar-refractivity contribution is -0.119. The second-order valence-corrected chi connectivity index (χ2v) is 5.40. The molecule has 1 fully saturated rings. The molecule has 1 aromatic carbocycles. The lowest BCUT2D eigenvalue weighted by Gasteiger charge is -2.23. The molecule has 1 heterocycles. The topological polar surface area (TPSA) is 41.1 Å². The van der Waals surface area contributed by atoms with Crippen molar-refractivity contribution >= 4 is 17.7 Å². The number of benzene rings is 1. The van der Waals surface area contributed by atoms with Crippen LogP contribution in [0.4, 0.5) is 4.39 Å². The Morgan fingerprint density at radius 1 is 1.44 bits per heavy atom. The fraction of sp³-hybridized carbons (Fsp3) is 0.462. The van der Waals surface area contributed by atoms with Gasteiger partial charge in [-0.25, -0.2) is 4.39 Å². The second-order valence-electron chi connectivity index (χ2n) is 4.35. The van der Waals surface area contributed by atoms with E-state index in [1.54, 1.807) is 12.1 Å². The van der Waals surface area contributed by atoms with E-state index < -0.39 is 0 Å². The van der Waals surface area contributed by atoms with Crippen LogP contribution in [0.1, 0.15) is 12.8 Å². The number of hydrogen-bond donors (Lipinski definition) is 2. The van der Waals surface area contributed by atoms with Crippen molar-refractivity contribution in [1.29, 1.82) is 0 Å². The van der Waals surface area contributed by atoms with Crippen molar-refractivity contribution in [1.82, 2.24) is 10.6 Å². The van der Waals surface area contributed by atoms with Gasteiger partial charge in [0.2, 0.25) is 5.91 Å². The molecule has 0 aliphatic carbocycles. The van der Waals surface area contributed by atoms with E-state index in [9.17, 15) is 9.18 Å².